The number of aromatic hydroxyl groups is 1. The first-order valence-corrected chi connectivity index (χ1v) is 18.2. The van der Waals surface area contributed by atoms with Gasteiger partial charge in [0.1, 0.15) is 17.1 Å². The molecular formula is C47H40N4O5. The number of aromatic carboxylic acids is 1. The van der Waals surface area contributed by atoms with Crippen molar-refractivity contribution >= 4 is 50.1 Å². The predicted molar refractivity (Wildman–Crippen MR) is 226 cm³/mol. The third-order valence-electron chi connectivity index (χ3n) is 9.58. The normalized spacial score (nSPS) is 11.2. The molecule has 4 aromatic carbocycles. The van der Waals surface area contributed by atoms with Gasteiger partial charge in [-0.05, 0) is 87.0 Å². The summed E-state index contributed by atoms with van der Waals surface area (Å²) in [6.45, 7) is 9.63. The summed E-state index contributed by atoms with van der Waals surface area (Å²) in [5.74, 6) is -0.651. The van der Waals surface area contributed by atoms with E-state index in [1.54, 1.807) is 48.5 Å². The highest BCUT2D eigenvalue weighted by Crippen LogP contribution is 2.44. The van der Waals surface area contributed by atoms with Crippen molar-refractivity contribution < 1.29 is 19.4 Å². The first-order valence-electron chi connectivity index (χ1n) is 18.2. The number of rotatable bonds is 9. The second-order valence-electron chi connectivity index (χ2n) is 13.3. The zero-order valence-corrected chi connectivity index (χ0v) is 31.3. The molecule has 2 aromatic heterocycles. The van der Waals surface area contributed by atoms with Gasteiger partial charge in [-0.1, -0.05) is 73.3 Å². The zero-order valence-electron chi connectivity index (χ0n) is 31.3. The SMILES string of the molecule is C=C/C=C/C.Cc1ccc2cccc(NCc3c4oc5c(CNc6cccc7ccc(C)nc67)c(O)ccc5c(-c5ccc(C(=O)O)cc5)c-4ccc3=O)c2n1. The quantitative estimate of drug-likeness (QED) is 0.0841. The number of pyridine rings is 2. The lowest BCUT2D eigenvalue weighted by Gasteiger charge is -2.20. The van der Waals surface area contributed by atoms with Crippen LogP contribution in [-0.2, 0) is 13.1 Å². The van der Waals surface area contributed by atoms with Crippen molar-refractivity contribution in [3.8, 4) is 28.2 Å². The number of phenolic OH excluding ortho intramolecular Hbond substituents is 1. The average Bonchev–Trinajstić information content (AvgIpc) is 3.20. The number of carbonyl (C=O) groups is 1. The molecule has 0 amide bonds. The Labute approximate surface area is 323 Å². The fraction of sp³-hybridized carbons (Fsp3) is 0.106. The van der Waals surface area contributed by atoms with E-state index in [1.807, 2.05) is 93.6 Å². The molecular weight excluding hydrogens is 701 g/mol. The van der Waals surface area contributed by atoms with Crippen LogP contribution in [0.1, 0.15) is 39.8 Å². The van der Waals surface area contributed by atoms with Crippen molar-refractivity contribution in [1.29, 1.82) is 0 Å². The Morgan fingerprint density at radius 1 is 0.768 bits per heavy atom. The Balaban J connectivity index is 0.000000905. The van der Waals surface area contributed by atoms with Crippen LogP contribution in [0.3, 0.4) is 0 Å². The number of phenols is 1. The molecule has 9 nitrogen and oxygen atoms in total. The number of nitrogens with one attached hydrogen (secondary N) is 2. The van der Waals surface area contributed by atoms with Crippen LogP contribution in [-0.4, -0.2) is 26.2 Å². The Kier molecular flexibility index (Phi) is 10.6. The molecule has 0 fully saturated rings. The lowest BCUT2D eigenvalue weighted by atomic mass is 9.90. The predicted octanol–water partition coefficient (Wildman–Crippen LogP) is 10.7. The number of allylic oxidation sites excluding steroid dienone is 3. The Morgan fingerprint density at radius 2 is 1.38 bits per heavy atom. The average molecular weight is 741 g/mol. The van der Waals surface area contributed by atoms with Crippen LogP contribution in [0.15, 0.2) is 143 Å². The number of hydrogen-bond donors (Lipinski definition) is 4. The molecule has 0 bridgehead atoms. The van der Waals surface area contributed by atoms with Gasteiger partial charge < -0.3 is 25.3 Å². The van der Waals surface area contributed by atoms with Crippen molar-refractivity contribution in [2.75, 3.05) is 10.6 Å². The van der Waals surface area contributed by atoms with Gasteiger partial charge in [0.15, 0.2) is 5.43 Å². The third kappa shape index (κ3) is 7.43. The largest absolute Gasteiger partial charge is 0.507 e. The molecule has 9 heteroatoms. The van der Waals surface area contributed by atoms with E-state index in [-0.39, 0.29) is 29.8 Å². The summed E-state index contributed by atoms with van der Waals surface area (Å²) in [4.78, 5) is 34.8. The van der Waals surface area contributed by atoms with Gasteiger partial charge in [-0.25, -0.2) is 4.79 Å². The first-order chi connectivity index (χ1) is 27.2. The van der Waals surface area contributed by atoms with Gasteiger partial charge in [-0.3, -0.25) is 14.8 Å². The number of nitrogens with zero attached hydrogens (tertiary/aromatic N) is 2. The van der Waals surface area contributed by atoms with E-state index in [0.29, 0.717) is 33.4 Å². The van der Waals surface area contributed by atoms with E-state index in [1.165, 1.54) is 6.07 Å². The lowest BCUT2D eigenvalue weighted by Crippen LogP contribution is -2.15. The summed E-state index contributed by atoms with van der Waals surface area (Å²) in [7, 11) is 0. The number of benzene rings is 5. The van der Waals surface area contributed by atoms with Crippen LogP contribution >= 0.6 is 0 Å². The van der Waals surface area contributed by atoms with Gasteiger partial charge >= 0.3 is 5.97 Å². The minimum atomic E-state index is -1.03. The van der Waals surface area contributed by atoms with E-state index in [0.717, 1.165) is 55.7 Å². The lowest BCUT2D eigenvalue weighted by molar-refractivity contribution is 0.0697. The summed E-state index contributed by atoms with van der Waals surface area (Å²) < 4.78 is 6.72. The van der Waals surface area contributed by atoms with Gasteiger partial charge in [-0.15, -0.1) is 0 Å². The maximum Gasteiger partial charge on any atom is 0.335 e. The van der Waals surface area contributed by atoms with Gasteiger partial charge in [0.05, 0.1) is 39.1 Å². The smallest absolute Gasteiger partial charge is 0.335 e. The first kappa shape index (κ1) is 37.1. The second-order valence-corrected chi connectivity index (χ2v) is 13.3. The van der Waals surface area contributed by atoms with E-state index >= 15 is 0 Å². The molecule has 0 spiro atoms. The molecule has 1 aliphatic heterocycles. The zero-order chi connectivity index (χ0) is 39.3. The highest BCUT2D eigenvalue weighted by atomic mass is 16.4. The minimum Gasteiger partial charge on any atom is -0.507 e. The molecule has 3 heterocycles. The molecule has 0 unspecified atom stereocenters. The monoisotopic (exact) mass is 740 g/mol. The molecule has 8 rings (SSSR count). The number of fused-ring (bicyclic) bond motifs is 4. The Hall–Kier alpha value is -7.26. The standard InChI is InChI=1S/C42H32N4O5.C5H8/c1-23-9-11-26-5-3-7-33(38(26)45-23)43-21-31-35(47)19-17-29-37(25-13-15-28(16-14-25)42(49)50)30-18-20-36(48)32(41(30)51-40(29)31)22-44-34-8-4-6-27-12-10-24(2)46-39(27)34;1-3-5-4-2/h3-20,43-44,47H,21-22H2,1-2H3,(H,49,50);3-5H,1H2,2H3/b;5-4+. The van der Waals surface area contributed by atoms with Crippen LogP contribution in [0, 0.1) is 13.8 Å². The highest BCUT2D eigenvalue weighted by molar-refractivity contribution is 6.04. The number of aromatic nitrogens is 2. The van der Waals surface area contributed by atoms with Crippen molar-refractivity contribution in [2.45, 2.75) is 33.9 Å². The third-order valence-corrected chi connectivity index (χ3v) is 9.58. The summed E-state index contributed by atoms with van der Waals surface area (Å²) in [6, 6.07) is 33.0. The molecule has 0 radical (unpaired) electrons. The van der Waals surface area contributed by atoms with Crippen LogP contribution in [0.4, 0.5) is 11.4 Å². The van der Waals surface area contributed by atoms with Crippen LogP contribution in [0.5, 0.6) is 5.75 Å². The van der Waals surface area contributed by atoms with Gasteiger partial charge in [0, 0.05) is 51.8 Å². The van der Waals surface area contributed by atoms with Crippen molar-refractivity contribution in [1.82, 2.24) is 9.97 Å². The number of para-hydroxylation sites is 2. The van der Waals surface area contributed by atoms with Gasteiger partial charge in [0.25, 0.3) is 0 Å². The number of carboxylic acid groups (broad SMARTS) is 1. The molecule has 56 heavy (non-hydrogen) atoms. The molecule has 4 N–H and O–H groups in total. The van der Waals surface area contributed by atoms with Crippen LogP contribution in [0.25, 0.3) is 55.2 Å². The van der Waals surface area contributed by atoms with Crippen molar-refractivity contribution in [3.63, 3.8) is 0 Å². The van der Waals surface area contributed by atoms with E-state index in [2.05, 4.69) is 17.2 Å². The summed E-state index contributed by atoms with van der Waals surface area (Å²) in [5.41, 5.74) is 8.31. The molecule has 278 valence electrons. The highest BCUT2D eigenvalue weighted by Gasteiger charge is 2.25. The number of hydrogen-bond acceptors (Lipinski definition) is 8. The second kappa shape index (κ2) is 16.0. The van der Waals surface area contributed by atoms with E-state index in [9.17, 15) is 19.8 Å². The Morgan fingerprint density at radius 3 is 1.93 bits per heavy atom. The molecule has 2 aliphatic rings. The van der Waals surface area contributed by atoms with Gasteiger partial charge in [0.2, 0.25) is 0 Å². The molecule has 0 saturated heterocycles. The molecule has 0 saturated carbocycles. The molecule has 1 aliphatic carbocycles. The Bertz CT molecular complexity index is 2820. The fourth-order valence-electron chi connectivity index (χ4n) is 6.81. The topological polar surface area (TPSA) is 138 Å². The van der Waals surface area contributed by atoms with E-state index in [4.69, 9.17) is 14.4 Å². The minimum absolute atomic E-state index is 0.0183. The van der Waals surface area contributed by atoms with Crippen molar-refractivity contribution in [3.05, 3.63) is 172 Å². The molecule has 6 aromatic rings. The molecule has 0 atom stereocenters. The number of aryl methyl sites for hydroxylation is 2. The summed E-state index contributed by atoms with van der Waals surface area (Å²) >= 11 is 0. The number of carboxylic acids is 1. The summed E-state index contributed by atoms with van der Waals surface area (Å²) in [6.07, 6.45) is 5.58. The van der Waals surface area contributed by atoms with Gasteiger partial charge in [-0.2, -0.15) is 0 Å². The fourth-order valence-corrected chi connectivity index (χ4v) is 6.81. The summed E-state index contributed by atoms with van der Waals surface area (Å²) in [5, 5.41) is 30.4. The van der Waals surface area contributed by atoms with Crippen molar-refractivity contribution in [2.24, 2.45) is 0 Å². The maximum atomic E-state index is 13.6. The van der Waals surface area contributed by atoms with Crippen LogP contribution in [0.2, 0.25) is 0 Å². The van der Waals surface area contributed by atoms with Crippen LogP contribution < -0.4 is 16.1 Å². The maximum absolute atomic E-state index is 13.6. The van der Waals surface area contributed by atoms with E-state index < -0.39 is 5.97 Å². The number of anilines is 2.